The van der Waals surface area contributed by atoms with E-state index in [1.54, 1.807) is 72.8 Å². The molecule has 0 heterocycles. The molecule has 2 amide bonds. The maximum atomic E-state index is 12.5. The molecule has 7 heteroatoms. The summed E-state index contributed by atoms with van der Waals surface area (Å²) in [5.74, 6) is -1.10. The zero-order valence-electron chi connectivity index (χ0n) is 16.1. The number of ether oxygens (including phenoxy) is 1. The van der Waals surface area contributed by atoms with E-state index in [1.165, 1.54) is 7.11 Å². The number of methoxy groups -OCH3 is 1. The third kappa shape index (κ3) is 5.46. The lowest BCUT2D eigenvalue weighted by molar-refractivity contribution is -0.115. The quantitative estimate of drug-likeness (QED) is 0.570. The van der Waals surface area contributed by atoms with Crippen LogP contribution < -0.4 is 10.6 Å². The number of rotatable bonds is 6. The molecular weight excluding hydrogens is 404 g/mol. The van der Waals surface area contributed by atoms with Crippen molar-refractivity contribution in [1.29, 1.82) is 0 Å². The van der Waals surface area contributed by atoms with Gasteiger partial charge in [-0.2, -0.15) is 0 Å². The molecule has 3 aromatic carbocycles. The number of nitrogens with one attached hydrogen (secondary N) is 2. The molecule has 0 bridgehead atoms. The Kier molecular flexibility index (Phi) is 6.83. The molecule has 3 aromatic rings. The Morgan fingerprint density at radius 2 is 1.53 bits per heavy atom. The number of hydrogen-bond acceptors (Lipinski definition) is 4. The van der Waals surface area contributed by atoms with Gasteiger partial charge in [0.2, 0.25) is 5.91 Å². The highest BCUT2D eigenvalue weighted by molar-refractivity contribution is 6.30. The Morgan fingerprint density at radius 3 is 2.20 bits per heavy atom. The van der Waals surface area contributed by atoms with Crippen LogP contribution in [-0.4, -0.2) is 24.9 Å². The summed E-state index contributed by atoms with van der Waals surface area (Å²) in [6.07, 6.45) is 0.212. The topological polar surface area (TPSA) is 84.5 Å². The van der Waals surface area contributed by atoms with Crippen molar-refractivity contribution in [2.24, 2.45) is 0 Å². The normalized spacial score (nSPS) is 10.2. The van der Waals surface area contributed by atoms with Crippen molar-refractivity contribution >= 4 is 40.8 Å². The molecule has 0 atom stereocenters. The van der Waals surface area contributed by atoms with E-state index in [1.807, 2.05) is 0 Å². The fourth-order valence-corrected chi connectivity index (χ4v) is 2.90. The van der Waals surface area contributed by atoms with E-state index in [9.17, 15) is 14.4 Å². The third-order valence-electron chi connectivity index (χ3n) is 4.29. The van der Waals surface area contributed by atoms with Crippen molar-refractivity contribution in [2.75, 3.05) is 17.7 Å². The second kappa shape index (κ2) is 9.71. The number of para-hydroxylation sites is 1. The molecule has 3 rings (SSSR count). The highest BCUT2D eigenvalue weighted by Gasteiger charge is 2.14. The van der Waals surface area contributed by atoms with Gasteiger partial charge in [0.1, 0.15) is 0 Å². The molecule has 0 aromatic heterocycles. The lowest BCUT2D eigenvalue weighted by Gasteiger charge is -2.10. The summed E-state index contributed by atoms with van der Waals surface area (Å²) in [7, 11) is 1.28. The van der Waals surface area contributed by atoms with E-state index in [0.717, 1.165) is 5.56 Å². The first-order valence-corrected chi connectivity index (χ1v) is 9.47. The molecule has 0 aliphatic heterocycles. The molecule has 0 aliphatic rings. The smallest absolute Gasteiger partial charge is 0.339 e. The average Bonchev–Trinajstić information content (AvgIpc) is 2.75. The molecule has 0 saturated heterocycles. The second-order valence-electron chi connectivity index (χ2n) is 6.42. The maximum absolute atomic E-state index is 12.5. The van der Waals surface area contributed by atoms with Crippen LogP contribution in [0.15, 0.2) is 72.8 Å². The number of carbonyl (C=O) groups excluding carboxylic acids is 3. The van der Waals surface area contributed by atoms with E-state index in [2.05, 4.69) is 10.6 Å². The SMILES string of the molecule is COC(=O)c1ccccc1NC(=O)c1ccc(NC(=O)Cc2ccc(Cl)cc2)cc1. The van der Waals surface area contributed by atoms with Crippen molar-refractivity contribution in [1.82, 2.24) is 0 Å². The van der Waals surface area contributed by atoms with Crippen LogP contribution in [0.3, 0.4) is 0 Å². The number of esters is 1. The van der Waals surface area contributed by atoms with Gasteiger partial charge in [0.15, 0.2) is 0 Å². The third-order valence-corrected chi connectivity index (χ3v) is 4.54. The summed E-state index contributed by atoms with van der Waals surface area (Å²) in [6, 6.07) is 20.1. The van der Waals surface area contributed by atoms with Gasteiger partial charge in [-0.15, -0.1) is 0 Å². The fraction of sp³-hybridized carbons (Fsp3) is 0.0870. The number of hydrogen-bond donors (Lipinski definition) is 2. The highest BCUT2D eigenvalue weighted by Crippen LogP contribution is 2.18. The van der Waals surface area contributed by atoms with Gasteiger partial charge in [-0.3, -0.25) is 9.59 Å². The van der Waals surface area contributed by atoms with Gasteiger partial charge >= 0.3 is 5.97 Å². The lowest BCUT2D eigenvalue weighted by atomic mass is 10.1. The largest absolute Gasteiger partial charge is 0.465 e. The lowest BCUT2D eigenvalue weighted by Crippen LogP contribution is -2.16. The minimum Gasteiger partial charge on any atom is -0.465 e. The van der Waals surface area contributed by atoms with Crippen LogP contribution in [-0.2, 0) is 16.0 Å². The van der Waals surface area contributed by atoms with Gasteiger partial charge in [0, 0.05) is 16.3 Å². The molecule has 0 saturated carbocycles. The van der Waals surface area contributed by atoms with Gasteiger partial charge < -0.3 is 15.4 Å². The molecule has 0 unspecified atom stereocenters. The van der Waals surface area contributed by atoms with Crippen LogP contribution >= 0.6 is 11.6 Å². The van der Waals surface area contributed by atoms with E-state index in [0.29, 0.717) is 22.0 Å². The first-order valence-electron chi connectivity index (χ1n) is 9.09. The zero-order chi connectivity index (χ0) is 21.5. The number of amides is 2. The Hall–Kier alpha value is -3.64. The Labute approximate surface area is 178 Å². The molecule has 0 aliphatic carbocycles. The summed E-state index contributed by atoms with van der Waals surface area (Å²) in [5.41, 5.74) is 2.41. The Bertz CT molecular complexity index is 1060. The van der Waals surface area contributed by atoms with Gasteiger partial charge in [-0.05, 0) is 54.1 Å². The predicted octanol–water partition coefficient (Wildman–Crippen LogP) is 4.56. The average molecular weight is 423 g/mol. The zero-order valence-corrected chi connectivity index (χ0v) is 16.9. The number of halogens is 1. The number of anilines is 2. The minimum atomic E-state index is -0.537. The van der Waals surface area contributed by atoms with Crippen molar-refractivity contribution in [3.05, 3.63) is 94.5 Å². The van der Waals surface area contributed by atoms with E-state index in [4.69, 9.17) is 16.3 Å². The van der Waals surface area contributed by atoms with Crippen molar-refractivity contribution in [2.45, 2.75) is 6.42 Å². The first kappa shape index (κ1) is 21.1. The second-order valence-corrected chi connectivity index (χ2v) is 6.86. The first-order chi connectivity index (χ1) is 14.5. The van der Waals surface area contributed by atoms with Crippen molar-refractivity contribution in [3.63, 3.8) is 0 Å². The molecule has 2 N–H and O–H groups in total. The van der Waals surface area contributed by atoms with Gasteiger partial charge in [0.25, 0.3) is 5.91 Å². The maximum Gasteiger partial charge on any atom is 0.339 e. The van der Waals surface area contributed by atoms with Crippen LogP contribution in [0.2, 0.25) is 5.02 Å². The molecule has 0 spiro atoms. The highest BCUT2D eigenvalue weighted by atomic mass is 35.5. The van der Waals surface area contributed by atoms with Crippen LogP contribution in [0.5, 0.6) is 0 Å². The molecule has 30 heavy (non-hydrogen) atoms. The summed E-state index contributed by atoms with van der Waals surface area (Å²) in [6.45, 7) is 0. The van der Waals surface area contributed by atoms with Gasteiger partial charge in [0.05, 0.1) is 24.8 Å². The van der Waals surface area contributed by atoms with Gasteiger partial charge in [-0.1, -0.05) is 35.9 Å². The number of carbonyl (C=O) groups is 3. The van der Waals surface area contributed by atoms with Crippen LogP contribution in [0.25, 0.3) is 0 Å². The van der Waals surface area contributed by atoms with E-state index >= 15 is 0 Å². The van der Waals surface area contributed by atoms with Crippen LogP contribution in [0.1, 0.15) is 26.3 Å². The molecule has 0 radical (unpaired) electrons. The molecular formula is C23H19ClN2O4. The Morgan fingerprint density at radius 1 is 0.867 bits per heavy atom. The number of benzene rings is 3. The summed E-state index contributed by atoms with van der Waals surface area (Å²) in [4.78, 5) is 36.5. The van der Waals surface area contributed by atoms with E-state index in [-0.39, 0.29) is 23.8 Å². The minimum absolute atomic E-state index is 0.179. The predicted molar refractivity (Wildman–Crippen MR) is 116 cm³/mol. The van der Waals surface area contributed by atoms with Crippen LogP contribution in [0.4, 0.5) is 11.4 Å². The summed E-state index contributed by atoms with van der Waals surface area (Å²) < 4.78 is 4.73. The van der Waals surface area contributed by atoms with Crippen molar-refractivity contribution in [3.8, 4) is 0 Å². The molecule has 0 fully saturated rings. The van der Waals surface area contributed by atoms with E-state index < -0.39 is 5.97 Å². The standard InChI is InChI=1S/C23H19ClN2O4/c1-30-23(29)19-4-2-3-5-20(19)26-22(28)16-8-12-18(13-9-16)25-21(27)14-15-6-10-17(24)11-7-15/h2-13H,14H2,1H3,(H,25,27)(H,26,28). The summed E-state index contributed by atoms with van der Waals surface area (Å²) >= 11 is 5.84. The molecule has 6 nitrogen and oxygen atoms in total. The monoisotopic (exact) mass is 422 g/mol. The fourth-order valence-electron chi connectivity index (χ4n) is 2.77. The van der Waals surface area contributed by atoms with Gasteiger partial charge in [-0.25, -0.2) is 4.79 Å². The van der Waals surface area contributed by atoms with Crippen molar-refractivity contribution < 1.29 is 19.1 Å². The Balaban J connectivity index is 1.63. The molecule has 152 valence electrons. The summed E-state index contributed by atoms with van der Waals surface area (Å²) in [5, 5.41) is 6.10. The van der Waals surface area contributed by atoms with Crippen LogP contribution in [0, 0.1) is 0 Å².